The third-order valence-electron chi connectivity index (χ3n) is 1.59. The maximum atomic E-state index is 12.3. The van der Waals surface area contributed by atoms with Gasteiger partial charge in [-0.3, -0.25) is 0 Å². The van der Waals surface area contributed by atoms with Gasteiger partial charge in [0.25, 0.3) is 0 Å². The van der Waals surface area contributed by atoms with Crippen molar-refractivity contribution in [1.29, 1.82) is 0 Å². The monoisotopic (exact) mass is 221 g/mol. The number of aromatic nitrogens is 1. The summed E-state index contributed by atoms with van der Waals surface area (Å²) in [5.74, 6) is -1.93. The number of ether oxygens (including phenoxy) is 1. The smallest absolute Gasteiger partial charge is 0.418 e. The van der Waals surface area contributed by atoms with Gasteiger partial charge in [-0.25, -0.2) is 9.78 Å². The second-order valence-electron chi connectivity index (χ2n) is 2.55. The molecule has 1 heterocycles. The van der Waals surface area contributed by atoms with Gasteiger partial charge in [-0.1, -0.05) is 0 Å². The fourth-order valence-electron chi connectivity index (χ4n) is 0.947. The van der Waals surface area contributed by atoms with Gasteiger partial charge in [0.1, 0.15) is 0 Å². The van der Waals surface area contributed by atoms with Crippen LogP contribution in [0.2, 0.25) is 0 Å². The maximum absolute atomic E-state index is 12.3. The number of carbonyl (C=O) groups is 1. The lowest BCUT2D eigenvalue weighted by Gasteiger charge is -2.09. The number of halogens is 3. The highest BCUT2D eigenvalue weighted by molar-refractivity contribution is 5.87. The zero-order valence-corrected chi connectivity index (χ0v) is 7.50. The average molecular weight is 221 g/mol. The van der Waals surface area contributed by atoms with Crippen LogP contribution in [0.5, 0.6) is 5.88 Å². The molecule has 0 atom stereocenters. The SMILES string of the molecule is COc1ccc(C(F)(F)F)c(C(=O)O)n1. The lowest BCUT2D eigenvalue weighted by atomic mass is 10.2. The zero-order chi connectivity index (χ0) is 11.6. The van der Waals surface area contributed by atoms with Crippen molar-refractivity contribution in [2.24, 2.45) is 0 Å². The van der Waals surface area contributed by atoms with Gasteiger partial charge in [0.05, 0.1) is 12.7 Å². The second-order valence-corrected chi connectivity index (χ2v) is 2.55. The Morgan fingerprint density at radius 3 is 2.47 bits per heavy atom. The molecule has 82 valence electrons. The normalized spacial score (nSPS) is 11.2. The molecule has 15 heavy (non-hydrogen) atoms. The van der Waals surface area contributed by atoms with Crippen LogP contribution in [0, 0.1) is 0 Å². The van der Waals surface area contributed by atoms with Crippen molar-refractivity contribution in [2.45, 2.75) is 6.18 Å². The van der Waals surface area contributed by atoms with E-state index >= 15 is 0 Å². The van der Waals surface area contributed by atoms with Crippen LogP contribution in [0.4, 0.5) is 13.2 Å². The van der Waals surface area contributed by atoms with Crippen LogP contribution < -0.4 is 4.74 Å². The van der Waals surface area contributed by atoms with E-state index < -0.39 is 23.4 Å². The Hall–Kier alpha value is -1.79. The van der Waals surface area contributed by atoms with E-state index in [0.717, 1.165) is 6.07 Å². The van der Waals surface area contributed by atoms with Crippen LogP contribution in [0.1, 0.15) is 16.1 Å². The van der Waals surface area contributed by atoms with Gasteiger partial charge < -0.3 is 9.84 Å². The number of carboxylic acid groups (broad SMARTS) is 1. The molecule has 0 saturated heterocycles. The molecule has 0 bridgehead atoms. The molecule has 0 amide bonds. The molecule has 1 rings (SSSR count). The molecular formula is C8H6F3NO3. The van der Waals surface area contributed by atoms with E-state index in [1.54, 1.807) is 0 Å². The Balaban J connectivity index is 3.34. The van der Waals surface area contributed by atoms with Crippen molar-refractivity contribution in [2.75, 3.05) is 7.11 Å². The largest absolute Gasteiger partial charge is 0.481 e. The summed E-state index contributed by atoms with van der Waals surface area (Å²) >= 11 is 0. The van der Waals surface area contributed by atoms with Gasteiger partial charge in [0.2, 0.25) is 5.88 Å². The van der Waals surface area contributed by atoms with Gasteiger partial charge in [-0.2, -0.15) is 13.2 Å². The van der Waals surface area contributed by atoms with Crippen molar-refractivity contribution in [3.05, 3.63) is 23.4 Å². The zero-order valence-electron chi connectivity index (χ0n) is 7.50. The average Bonchev–Trinajstić information content (AvgIpc) is 2.15. The lowest BCUT2D eigenvalue weighted by molar-refractivity contribution is -0.138. The molecule has 0 unspecified atom stereocenters. The van der Waals surface area contributed by atoms with Gasteiger partial charge in [0, 0.05) is 6.07 Å². The highest BCUT2D eigenvalue weighted by Crippen LogP contribution is 2.32. The van der Waals surface area contributed by atoms with Crippen LogP contribution in [0.3, 0.4) is 0 Å². The number of nitrogens with zero attached hydrogens (tertiary/aromatic N) is 1. The van der Waals surface area contributed by atoms with E-state index in [-0.39, 0.29) is 5.88 Å². The Labute approximate surface area is 82.3 Å². The van der Waals surface area contributed by atoms with Crippen molar-refractivity contribution in [3.8, 4) is 5.88 Å². The van der Waals surface area contributed by atoms with Gasteiger partial charge in [-0.05, 0) is 6.07 Å². The van der Waals surface area contributed by atoms with E-state index in [1.165, 1.54) is 7.11 Å². The molecular weight excluding hydrogens is 215 g/mol. The predicted octanol–water partition coefficient (Wildman–Crippen LogP) is 1.81. The van der Waals surface area contributed by atoms with Crippen molar-refractivity contribution < 1.29 is 27.8 Å². The number of pyridine rings is 1. The topological polar surface area (TPSA) is 59.4 Å². The summed E-state index contributed by atoms with van der Waals surface area (Å²) in [7, 11) is 1.18. The fourth-order valence-corrected chi connectivity index (χ4v) is 0.947. The first-order chi connectivity index (χ1) is 6.86. The molecule has 0 fully saturated rings. The molecule has 1 N–H and O–H groups in total. The maximum Gasteiger partial charge on any atom is 0.418 e. The Morgan fingerprint density at radius 1 is 1.47 bits per heavy atom. The fraction of sp³-hybridized carbons (Fsp3) is 0.250. The lowest BCUT2D eigenvalue weighted by Crippen LogP contribution is -2.15. The summed E-state index contributed by atoms with van der Waals surface area (Å²) in [6, 6.07) is 1.57. The number of hydrogen-bond donors (Lipinski definition) is 1. The molecule has 0 radical (unpaired) electrons. The van der Waals surface area contributed by atoms with Crippen LogP contribution in [-0.2, 0) is 6.18 Å². The van der Waals surface area contributed by atoms with Crippen LogP contribution in [-0.4, -0.2) is 23.2 Å². The summed E-state index contributed by atoms with van der Waals surface area (Å²) in [5, 5.41) is 8.53. The quantitative estimate of drug-likeness (QED) is 0.827. The van der Waals surface area contributed by atoms with E-state index in [4.69, 9.17) is 5.11 Å². The first-order valence-corrected chi connectivity index (χ1v) is 3.71. The van der Waals surface area contributed by atoms with Crippen LogP contribution in [0.15, 0.2) is 12.1 Å². The molecule has 1 aromatic rings. The summed E-state index contributed by atoms with van der Waals surface area (Å²) in [5.41, 5.74) is -2.36. The van der Waals surface area contributed by atoms with Crippen LogP contribution >= 0.6 is 0 Å². The molecule has 0 saturated carbocycles. The third-order valence-corrected chi connectivity index (χ3v) is 1.59. The molecule has 0 spiro atoms. The Morgan fingerprint density at radius 2 is 2.07 bits per heavy atom. The molecule has 4 nitrogen and oxygen atoms in total. The predicted molar refractivity (Wildman–Crippen MR) is 42.8 cm³/mol. The highest BCUT2D eigenvalue weighted by Gasteiger charge is 2.36. The molecule has 0 aliphatic heterocycles. The van der Waals surface area contributed by atoms with Crippen LogP contribution in [0.25, 0.3) is 0 Å². The van der Waals surface area contributed by atoms with Crippen molar-refractivity contribution in [1.82, 2.24) is 4.98 Å². The second kappa shape index (κ2) is 3.76. The summed E-state index contributed by atoms with van der Waals surface area (Å²) in [4.78, 5) is 13.7. The number of aromatic carboxylic acids is 1. The summed E-state index contributed by atoms with van der Waals surface area (Å²) in [6.45, 7) is 0. The molecule has 1 aromatic heterocycles. The minimum Gasteiger partial charge on any atom is -0.481 e. The van der Waals surface area contributed by atoms with Gasteiger partial charge >= 0.3 is 12.1 Å². The third kappa shape index (κ3) is 2.36. The number of alkyl halides is 3. The standard InChI is InChI=1S/C8H6F3NO3/c1-15-5-3-2-4(8(9,10)11)6(12-5)7(13)14/h2-3H,1H3,(H,13,14). The van der Waals surface area contributed by atoms with Gasteiger partial charge in [-0.15, -0.1) is 0 Å². The summed E-state index contributed by atoms with van der Waals surface area (Å²) < 4.78 is 41.4. The molecule has 7 heteroatoms. The molecule has 0 aromatic carbocycles. The van der Waals surface area contributed by atoms with E-state index in [9.17, 15) is 18.0 Å². The first kappa shape index (κ1) is 11.3. The van der Waals surface area contributed by atoms with E-state index in [0.29, 0.717) is 6.07 Å². The van der Waals surface area contributed by atoms with Crippen molar-refractivity contribution in [3.63, 3.8) is 0 Å². The van der Waals surface area contributed by atoms with E-state index in [1.807, 2.05) is 0 Å². The summed E-state index contributed by atoms with van der Waals surface area (Å²) in [6.07, 6.45) is -4.74. The molecule has 0 aliphatic carbocycles. The minimum atomic E-state index is -4.74. The number of carboxylic acids is 1. The Bertz CT molecular complexity index is 389. The van der Waals surface area contributed by atoms with Gasteiger partial charge in [0.15, 0.2) is 5.69 Å². The van der Waals surface area contributed by atoms with E-state index in [2.05, 4.69) is 9.72 Å². The molecule has 0 aliphatic rings. The first-order valence-electron chi connectivity index (χ1n) is 3.71. The number of hydrogen-bond acceptors (Lipinski definition) is 3. The number of methoxy groups -OCH3 is 1. The Kier molecular flexibility index (Phi) is 2.83. The highest BCUT2D eigenvalue weighted by atomic mass is 19.4. The minimum absolute atomic E-state index is 0.180. The van der Waals surface area contributed by atoms with Crippen molar-refractivity contribution >= 4 is 5.97 Å². The number of rotatable bonds is 2.